The molecule has 0 bridgehead atoms. The first-order chi connectivity index (χ1) is 17.0. The lowest BCUT2D eigenvalue weighted by atomic mass is 9.47. The predicted molar refractivity (Wildman–Crippen MR) is 143 cm³/mol. The van der Waals surface area contributed by atoms with Crippen molar-refractivity contribution in [3.63, 3.8) is 0 Å². The number of hydrogen-bond acceptors (Lipinski definition) is 3. The summed E-state index contributed by atoms with van der Waals surface area (Å²) in [5, 5.41) is 11.1. The van der Waals surface area contributed by atoms with Gasteiger partial charge in [-0.1, -0.05) is 65.5 Å². The van der Waals surface area contributed by atoms with Crippen LogP contribution in [-0.4, -0.2) is 36.2 Å². The molecule has 5 nitrogen and oxygen atoms in total. The molecule has 3 saturated carbocycles. The molecule has 1 amide bonds. The highest BCUT2D eigenvalue weighted by molar-refractivity contribution is 5.81. The number of fused-ring (bicyclic) bond motifs is 5. The van der Waals surface area contributed by atoms with E-state index in [2.05, 4.69) is 46.0 Å². The van der Waals surface area contributed by atoms with Crippen LogP contribution in [0.1, 0.15) is 105 Å². The molecule has 3 fully saturated rings. The molecule has 0 heterocycles. The molecule has 4 unspecified atom stereocenters. The van der Waals surface area contributed by atoms with E-state index in [-0.39, 0.29) is 30.6 Å². The van der Waals surface area contributed by atoms with Crippen molar-refractivity contribution in [3.8, 4) is 0 Å². The molecule has 4 rings (SSSR count). The van der Waals surface area contributed by atoms with Crippen LogP contribution in [0.3, 0.4) is 0 Å². The first-order valence-electron chi connectivity index (χ1n) is 14.8. The Bertz CT molecular complexity index is 836. The number of rotatable bonds is 10. The third-order valence-electron chi connectivity index (χ3n) is 11.1. The van der Waals surface area contributed by atoms with Crippen molar-refractivity contribution in [2.24, 2.45) is 46.3 Å². The van der Waals surface area contributed by atoms with E-state index in [1.165, 1.54) is 51.4 Å². The Hall–Kier alpha value is -1.36. The normalized spacial score (nSPS) is 38.5. The van der Waals surface area contributed by atoms with Gasteiger partial charge >= 0.3 is 5.97 Å². The van der Waals surface area contributed by atoms with Gasteiger partial charge in [-0.2, -0.15) is 0 Å². The fourth-order valence-corrected chi connectivity index (χ4v) is 9.21. The second-order valence-electron chi connectivity index (χ2n) is 13.6. The van der Waals surface area contributed by atoms with Gasteiger partial charge in [-0.25, -0.2) is 0 Å². The molecule has 0 aromatic rings. The fraction of sp³-hybridized carbons (Fsp3) is 0.871. The first kappa shape index (κ1) is 27.7. The SMILES string of the molecule is CC(C)CCCC(C)[C@H]1CCC2C3CC=C4C[C@@H](OCC(=O)NCC(=O)O)CC[C@]4(C)C3CC[C@@]21C. The van der Waals surface area contributed by atoms with Gasteiger partial charge in [0, 0.05) is 0 Å². The minimum Gasteiger partial charge on any atom is -0.480 e. The van der Waals surface area contributed by atoms with Crippen molar-refractivity contribution >= 4 is 11.9 Å². The molecular formula is C31H51NO4. The molecule has 4 aliphatic rings. The van der Waals surface area contributed by atoms with Gasteiger partial charge in [0.15, 0.2) is 0 Å². The Morgan fingerprint density at radius 3 is 2.58 bits per heavy atom. The molecule has 2 N–H and O–H groups in total. The van der Waals surface area contributed by atoms with Crippen LogP contribution in [0.5, 0.6) is 0 Å². The molecule has 0 saturated heterocycles. The summed E-state index contributed by atoms with van der Waals surface area (Å²) in [7, 11) is 0. The highest BCUT2D eigenvalue weighted by Gasteiger charge is 2.59. The number of ether oxygens (including phenoxy) is 1. The van der Waals surface area contributed by atoms with Gasteiger partial charge in [0.1, 0.15) is 13.2 Å². The van der Waals surface area contributed by atoms with Crippen LogP contribution < -0.4 is 5.32 Å². The highest BCUT2D eigenvalue weighted by Crippen LogP contribution is 2.67. The Kier molecular flexibility index (Phi) is 8.59. The summed E-state index contributed by atoms with van der Waals surface area (Å²) < 4.78 is 5.93. The van der Waals surface area contributed by atoms with Crippen LogP contribution in [0.25, 0.3) is 0 Å². The average Bonchev–Trinajstić information content (AvgIpc) is 3.18. The van der Waals surface area contributed by atoms with Crippen molar-refractivity contribution in [3.05, 3.63) is 11.6 Å². The number of carboxylic acids is 1. The van der Waals surface area contributed by atoms with Crippen LogP contribution in [0.2, 0.25) is 0 Å². The zero-order chi connectivity index (χ0) is 26.1. The van der Waals surface area contributed by atoms with Crippen LogP contribution in [0.15, 0.2) is 11.6 Å². The molecule has 0 spiro atoms. The van der Waals surface area contributed by atoms with Gasteiger partial charge in [0.05, 0.1) is 6.10 Å². The predicted octanol–water partition coefficient (Wildman–Crippen LogP) is 6.61. The number of aliphatic carboxylic acids is 1. The number of amides is 1. The highest BCUT2D eigenvalue weighted by atomic mass is 16.5. The van der Waals surface area contributed by atoms with E-state index >= 15 is 0 Å². The van der Waals surface area contributed by atoms with Crippen molar-refractivity contribution in [1.82, 2.24) is 5.32 Å². The lowest BCUT2D eigenvalue weighted by molar-refractivity contribution is -0.139. The molecule has 204 valence electrons. The maximum absolute atomic E-state index is 11.9. The number of carboxylic acid groups (broad SMARTS) is 1. The van der Waals surface area contributed by atoms with Gasteiger partial charge in [-0.15, -0.1) is 0 Å². The van der Waals surface area contributed by atoms with Crippen LogP contribution >= 0.6 is 0 Å². The third kappa shape index (κ3) is 5.56. The summed E-state index contributed by atoms with van der Waals surface area (Å²) >= 11 is 0. The topological polar surface area (TPSA) is 75.6 Å². The van der Waals surface area contributed by atoms with E-state index in [0.717, 1.165) is 54.8 Å². The number of carbonyl (C=O) groups is 2. The average molecular weight is 502 g/mol. The molecule has 0 aliphatic heterocycles. The van der Waals surface area contributed by atoms with E-state index in [9.17, 15) is 9.59 Å². The fourth-order valence-electron chi connectivity index (χ4n) is 9.21. The summed E-state index contributed by atoms with van der Waals surface area (Å²) in [5.41, 5.74) is 2.35. The summed E-state index contributed by atoms with van der Waals surface area (Å²) in [6.07, 6.45) is 16.7. The van der Waals surface area contributed by atoms with Gasteiger partial charge < -0.3 is 15.2 Å². The van der Waals surface area contributed by atoms with E-state index in [1.807, 2.05) is 0 Å². The zero-order valence-corrected chi connectivity index (χ0v) is 23.5. The quantitative estimate of drug-likeness (QED) is 0.330. The Morgan fingerprint density at radius 2 is 1.86 bits per heavy atom. The molecule has 36 heavy (non-hydrogen) atoms. The largest absolute Gasteiger partial charge is 0.480 e. The maximum Gasteiger partial charge on any atom is 0.322 e. The second kappa shape index (κ2) is 11.2. The Morgan fingerprint density at radius 1 is 1.08 bits per heavy atom. The lowest BCUT2D eigenvalue weighted by Crippen LogP contribution is -2.51. The van der Waals surface area contributed by atoms with E-state index < -0.39 is 5.97 Å². The molecule has 8 atom stereocenters. The minimum atomic E-state index is -1.03. The number of allylic oxidation sites excluding steroid dienone is 1. The monoisotopic (exact) mass is 501 g/mol. The van der Waals surface area contributed by atoms with E-state index in [0.29, 0.717) is 5.41 Å². The molecule has 4 aliphatic carbocycles. The van der Waals surface area contributed by atoms with Crippen molar-refractivity contribution in [2.45, 2.75) is 111 Å². The van der Waals surface area contributed by atoms with E-state index in [4.69, 9.17) is 9.84 Å². The lowest BCUT2D eigenvalue weighted by Gasteiger charge is -2.58. The first-order valence-corrected chi connectivity index (χ1v) is 14.8. The number of nitrogens with one attached hydrogen (secondary N) is 1. The van der Waals surface area contributed by atoms with Crippen molar-refractivity contribution in [1.29, 1.82) is 0 Å². The van der Waals surface area contributed by atoms with Gasteiger partial charge in [-0.3, -0.25) is 9.59 Å². The van der Waals surface area contributed by atoms with Gasteiger partial charge in [-0.05, 0) is 97.7 Å². The zero-order valence-electron chi connectivity index (χ0n) is 23.5. The van der Waals surface area contributed by atoms with Crippen LogP contribution in [-0.2, 0) is 14.3 Å². The summed E-state index contributed by atoms with van der Waals surface area (Å²) in [4.78, 5) is 22.6. The number of hydrogen-bond donors (Lipinski definition) is 2. The van der Waals surface area contributed by atoms with Crippen molar-refractivity contribution < 1.29 is 19.4 Å². The molecule has 0 aromatic heterocycles. The number of carbonyl (C=O) groups excluding carboxylic acids is 1. The standard InChI is InChI=1S/C31H51NO4/c1-20(2)7-6-8-21(3)25-11-12-26-24-10-9-22-17-23(36-19-28(33)32-18-29(34)35)13-15-30(22,4)27(24)14-16-31(25,26)5/h9,20-21,23-27H,6-8,10-19H2,1-5H3,(H,32,33)(H,34,35)/t21?,23-,24?,25+,26?,27?,30-,31+/m0/s1. The minimum absolute atomic E-state index is 0.0504. The molecule has 5 heteroatoms. The summed E-state index contributed by atoms with van der Waals surface area (Å²) in [6.45, 7) is 12.0. The van der Waals surface area contributed by atoms with Gasteiger partial charge in [0.25, 0.3) is 0 Å². The smallest absolute Gasteiger partial charge is 0.322 e. The van der Waals surface area contributed by atoms with Crippen LogP contribution in [0, 0.1) is 46.3 Å². The Balaban J connectivity index is 1.37. The Labute approximate surface area is 219 Å². The van der Waals surface area contributed by atoms with Gasteiger partial charge in [0.2, 0.25) is 5.91 Å². The third-order valence-corrected chi connectivity index (χ3v) is 11.1. The van der Waals surface area contributed by atoms with Crippen molar-refractivity contribution in [2.75, 3.05) is 13.2 Å². The second-order valence-corrected chi connectivity index (χ2v) is 13.6. The van der Waals surface area contributed by atoms with Crippen LogP contribution in [0.4, 0.5) is 0 Å². The summed E-state index contributed by atoms with van der Waals surface area (Å²) in [6, 6.07) is 0. The van der Waals surface area contributed by atoms with E-state index in [1.54, 1.807) is 5.57 Å². The summed E-state index contributed by atoms with van der Waals surface area (Å²) in [5.74, 6) is 3.66. The molecular weight excluding hydrogens is 450 g/mol. The molecule has 0 radical (unpaired) electrons. The molecule has 0 aromatic carbocycles. The maximum atomic E-state index is 11.9.